The smallest absolute Gasteiger partial charge is 0.292 e. The van der Waals surface area contributed by atoms with Crippen LogP contribution in [0.25, 0.3) is 11.3 Å². The van der Waals surface area contributed by atoms with Gasteiger partial charge in [0, 0.05) is 31.1 Å². The van der Waals surface area contributed by atoms with Crippen LogP contribution < -0.4 is 5.73 Å². The summed E-state index contributed by atoms with van der Waals surface area (Å²) in [5, 5.41) is 4.00. The van der Waals surface area contributed by atoms with Gasteiger partial charge in [-0.3, -0.25) is 9.59 Å². The predicted octanol–water partition coefficient (Wildman–Crippen LogP) is 2.46. The fraction of sp³-hybridized carbons (Fsp3) is 0.389. The van der Waals surface area contributed by atoms with Gasteiger partial charge in [0.2, 0.25) is 11.7 Å². The number of carbonyl (C=O) groups is 2. The number of carbonyl (C=O) groups excluding carboxylic acids is 2. The van der Waals surface area contributed by atoms with Gasteiger partial charge >= 0.3 is 0 Å². The van der Waals surface area contributed by atoms with Gasteiger partial charge in [0.25, 0.3) is 5.91 Å². The zero-order valence-electron chi connectivity index (χ0n) is 13.5. The first-order chi connectivity index (χ1) is 11.6. The second-order valence-electron chi connectivity index (χ2n) is 6.21. The molecule has 1 aliphatic heterocycles. The number of benzene rings is 1. The number of amides is 2. The number of hydrogen-bond acceptors (Lipinski definition) is 4. The molecular weight excluding hydrogens is 306 g/mol. The predicted molar refractivity (Wildman–Crippen MR) is 89.0 cm³/mol. The molecule has 0 radical (unpaired) electrons. The van der Waals surface area contributed by atoms with Gasteiger partial charge in [0.15, 0.2) is 0 Å². The zero-order valence-corrected chi connectivity index (χ0v) is 13.5. The second kappa shape index (κ2) is 7.29. The molecule has 3 rings (SSSR count). The minimum atomic E-state index is -0.291. The summed E-state index contributed by atoms with van der Waals surface area (Å²) >= 11 is 0. The van der Waals surface area contributed by atoms with Crippen LogP contribution in [0.15, 0.2) is 40.9 Å². The SMILES string of the molecule is NC(=O)CCC1CCCN(C(=O)c2cc(-c3ccccc3)no2)C1. The first-order valence-corrected chi connectivity index (χ1v) is 8.23. The normalized spacial score (nSPS) is 17.7. The highest BCUT2D eigenvalue weighted by Gasteiger charge is 2.27. The summed E-state index contributed by atoms with van der Waals surface area (Å²) < 4.78 is 5.25. The lowest BCUT2D eigenvalue weighted by atomic mass is 9.93. The highest BCUT2D eigenvalue weighted by molar-refractivity contribution is 5.92. The quantitative estimate of drug-likeness (QED) is 0.913. The number of aromatic nitrogens is 1. The molecule has 1 unspecified atom stereocenters. The van der Waals surface area contributed by atoms with Gasteiger partial charge in [-0.1, -0.05) is 35.5 Å². The third kappa shape index (κ3) is 3.82. The lowest BCUT2D eigenvalue weighted by molar-refractivity contribution is -0.118. The maximum absolute atomic E-state index is 12.6. The molecule has 1 aliphatic rings. The minimum Gasteiger partial charge on any atom is -0.370 e. The minimum absolute atomic E-state index is 0.145. The van der Waals surface area contributed by atoms with E-state index in [0.29, 0.717) is 31.1 Å². The summed E-state index contributed by atoms with van der Waals surface area (Å²) in [7, 11) is 0. The maximum Gasteiger partial charge on any atom is 0.292 e. The van der Waals surface area contributed by atoms with Crippen molar-refractivity contribution < 1.29 is 14.1 Å². The van der Waals surface area contributed by atoms with Crippen molar-refractivity contribution in [2.75, 3.05) is 13.1 Å². The molecule has 126 valence electrons. The van der Waals surface area contributed by atoms with Gasteiger partial charge in [0.05, 0.1) is 0 Å². The summed E-state index contributed by atoms with van der Waals surface area (Å²) in [6, 6.07) is 11.3. The summed E-state index contributed by atoms with van der Waals surface area (Å²) in [4.78, 5) is 25.3. The van der Waals surface area contributed by atoms with Crippen LogP contribution in [0.1, 0.15) is 36.2 Å². The molecule has 2 heterocycles. The Balaban J connectivity index is 1.66. The molecule has 1 atom stereocenters. The van der Waals surface area contributed by atoms with Crippen LogP contribution in [0.4, 0.5) is 0 Å². The van der Waals surface area contributed by atoms with Crippen LogP contribution in [0, 0.1) is 5.92 Å². The molecule has 2 amide bonds. The van der Waals surface area contributed by atoms with E-state index in [1.165, 1.54) is 0 Å². The summed E-state index contributed by atoms with van der Waals surface area (Å²) in [5.74, 6) is 0.130. The number of hydrogen-bond donors (Lipinski definition) is 1. The fourth-order valence-electron chi connectivity index (χ4n) is 3.11. The molecule has 6 nitrogen and oxygen atoms in total. The summed E-state index contributed by atoms with van der Waals surface area (Å²) in [6.45, 7) is 1.33. The number of primary amides is 1. The van der Waals surface area contributed by atoms with Gasteiger partial charge in [-0.15, -0.1) is 0 Å². The van der Waals surface area contributed by atoms with E-state index in [0.717, 1.165) is 24.8 Å². The lowest BCUT2D eigenvalue weighted by Crippen LogP contribution is -2.40. The Morgan fingerprint density at radius 3 is 2.83 bits per heavy atom. The molecular formula is C18H21N3O3. The van der Waals surface area contributed by atoms with E-state index in [4.69, 9.17) is 10.3 Å². The number of rotatable bonds is 5. The molecule has 0 bridgehead atoms. The van der Waals surface area contributed by atoms with Crippen molar-refractivity contribution in [3.8, 4) is 11.3 Å². The standard InChI is InChI=1S/C18H21N3O3/c19-17(22)9-8-13-5-4-10-21(12-13)18(23)16-11-15(20-24-16)14-6-2-1-3-7-14/h1-3,6-7,11,13H,4-5,8-10,12H2,(H2,19,22). The third-order valence-corrected chi connectivity index (χ3v) is 4.40. The molecule has 2 aromatic rings. The Hall–Kier alpha value is -2.63. The highest BCUT2D eigenvalue weighted by Crippen LogP contribution is 2.24. The van der Waals surface area contributed by atoms with Crippen molar-refractivity contribution >= 4 is 11.8 Å². The van der Waals surface area contributed by atoms with Gasteiger partial charge in [0.1, 0.15) is 5.69 Å². The molecule has 1 aromatic carbocycles. The summed E-state index contributed by atoms with van der Waals surface area (Å²) in [6.07, 6.45) is 3.04. The van der Waals surface area contributed by atoms with Gasteiger partial charge in [-0.25, -0.2) is 0 Å². The Morgan fingerprint density at radius 2 is 2.08 bits per heavy atom. The lowest BCUT2D eigenvalue weighted by Gasteiger charge is -2.31. The number of nitrogens with two attached hydrogens (primary N) is 1. The number of piperidine rings is 1. The van der Waals surface area contributed by atoms with E-state index in [-0.39, 0.29) is 17.6 Å². The fourth-order valence-corrected chi connectivity index (χ4v) is 3.11. The Bertz CT molecular complexity index is 711. The third-order valence-electron chi connectivity index (χ3n) is 4.40. The monoisotopic (exact) mass is 327 g/mol. The molecule has 1 saturated heterocycles. The van der Waals surface area contributed by atoms with Gasteiger partial charge in [-0.05, 0) is 25.2 Å². The van der Waals surface area contributed by atoms with Crippen LogP contribution in [-0.4, -0.2) is 35.0 Å². The van der Waals surface area contributed by atoms with Crippen LogP contribution >= 0.6 is 0 Å². The Labute approximate surface area is 140 Å². The maximum atomic E-state index is 12.6. The number of likely N-dealkylation sites (tertiary alicyclic amines) is 1. The van der Waals surface area contributed by atoms with E-state index in [1.807, 2.05) is 30.3 Å². The van der Waals surface area contributed by atoms with E-state index in [2.05, 4.69) is 5.16 Å². The average Bonchev–Trinajstić information content (AvgIpc) is 3.10. The van der Waals surface area contributed by atoms with Crippen LogP contribution in [0.5, 0.6) is 0 Å². The van der Waals surface area contributed by atoms with Crippen molar-refractivity contribution in [2.45, 2.75) is 25.7 Å². The molecule has 24 heavy (non-hydrogen) atoms. The topological polar surface area (TPSA) is 89.4 Å². The average molecular weight is 327 g/mol. The van der Waals surface area contributed by atoms with Crippen molar-refractivity contribution in [3.63, 3.8) is 0 Å². The van der Waals surface area contributed by atoms with E-state index >= 15 is 0 Å². The van der Waals surface area contributed by atoms with Crippen molar-refractivity contribution in [1.29, 1.82) is 0 Å². The van der Waals surface area contributed by atoms with Gasteiger partial charge in [-0.2, -0.15) is 0 Å². The second-order valence-corrected chi connectivity index (χ2v) is 6.21. The molecule has 1 fully saturated rings. The molecule has 2 N–H and O–H groups in total. The van der Waals surface area contributed by atoms with Crippen molar-refractivity contribution in [3.05, 3.63) is 42.2 Å². The van der Waals surface area contributed by atoms with Crippen molar-refractivity contribution in [2.24, 2.45) is 11.7 Å². The van der Waals surface area contributed by atoms with E-state index in [1.54, 1.807) is 11.0 Å². The Morgan fingerprint density at radius 1 is 1.29 bits per heavy atom. The largest absolute Gasteiger partial charge is 0.370 e. The van der Waals surface area contributed by atoms with Crippen LogP contribution in [-0.2, 0) is 4.79 Å². The first kappa shape index (κ1) is 16.2. The molecule has 0 spiro atoms. The first-order valence-electron chi connectivity index (χ1n) is 8.23. The van der Waals surface area contributed by atoms with Gasteiger partial charge < -0.3 is 15.2 Å². The molecule has 1 aromatic heterocycles. The van der Waals surface area contributed by atoms with Crippen LogP contribution in [0.2, 0.25) is 0 Å². The molecule has 0 saturated carbocycles. The van der Waals surface area contributed by atoms with Crippen molar-refractivity contribution in [1.82, 2.24) is 10.1 Å². The molecule has 6 heteroatoms. The Kier molecular flexibility index (Phi) is 4.93. The summed E-state index contributed by atoms with van der Waals surface area (Å²) in [5.41, 5.74) is 6.78. The van der Waals surface area contributed by atoms with E-state index < -0.39 is 0 Å². The molecule has 0 aliphatic carbocycles. The van der Waals surface area contributed by atoms with Crippen LogP contribution in [0.3, 0.4) is 0 Å². The van der Waals surface area contributed by atoms with E-state index in [9.17, 15) is 9.59 Å². The number of nitrogens with zero attached hydrogens (tertiary/aromatic N) is 2. The highest BCUT2D eigenvalue weighted by atomic mass is 16.5. The zero-order chi connectivity index (χ0) is 16.9.